The molecule has 2 aliphatic heterocycles. The summed E-state index contributed by atoms with van der Waals surface area (Å²) in [5.41, 5.74) is 3.70. The number of halogens is 1. The van der Waals surface area contributed by atoms with Crippen LogP contribution in [0, 0.1) is 0 Å². The Hall–Kier alpha value is -2.14. The zero-order valence-corrected chi connectivity index (χ0v) is 14.0. The standard InChI is InChI=1S/C9H7BrO2.C9H8O2/c10-8-4-6(5-11)3-7-1-2-12-9(7)8;10-6-7-1-2-9-8(5-7)3-4-11-9/h3-5H,1-2H2;1-2,5-6H,3-4H2. The third-order valence-corrected chi connectivity index (χ3v) is 4.34. The lowest BCUT2D eigenvalue weighted by Crippen LogP contribution is -1.86. The molecule has 0 fully saturated rings. The zero-order valence-electron chi connectivity index (χ0n) is 12.4. The first-order valence-electron chi connectivity index (χ1n) is 7.32. The number of hydrogen-bond acceptors (Lipinski definition) is 4. The number of aldehydes is 2. The van der Waals surface area contributed by atoms with Crippen LogP contribution in [0.1, 0.15) is 31.8 Å². The molecule has 2 aromatic carbocycles. The zero-order chi connectivity index (χ0) is 16.2. The molecule has 0 aromatic heterocycles. The Kier molecular flexibility index (Phi) is 4.76. The van der Waals surface area contributed by atoms with Gasteiger partial charge >= 0.3 is 0 Å². The van der Waals surface area contributed by atoms with Gasteiger partial charge in [-0.15, -0.1) is 0 Å². The Morgan fingerprint density at radius 2 is 1.57 bits per heavy atom. The molecule has 0 radical (unpaired) electrons. The number of rotatable bonds is 2. The van der Waals surface area contributed by atoms with Crippen LogP contribution in [0.5, 0.6) is 11.5 Å². The highest BCUT2D eigenvalue weighted by Gasteiger charge is 2.16. The van der Waals surface area contributed by atoms with Gasteiger partial charge in [-0.25, -0.2) is 0 Å². The SMILES string of the molecule is O=Cc1cc(Br)c2c(c1)CCO2.O=Cc1ccc2c(c1)CCO2. The fourth-order valence-corrected chi connectivity index (χ4v) is 3.27. The molecule has 2 aromatic rings. The third-order valence-electron chi connectivity index (χ3n) is 3.75. The topological polar surface area (TPSA) is 52.6 Å². The summed E-state index contributed by atoms with van der Waals surface area (Å²) in [5, 5.41) is 0. The summed E-state index contributed by atoms with van der Waals surface area (Å²) >= 11 is 3.36. The van der Waals surface area contributed by atoms with Crippen LogP contribution in [-0.2, 0) is 12.8 Å². The highest BCUT2D eigenvalue weighted by molar-refractivity contribution is 9.10. The smallest absolute Gasteiger partial charge is 0.150 e. The van der Waals surface area contributed by atoms with E-state index in [9.17, 15) is 9.59 Å². The largest absolute Gasteiger partial charge is 0.493 e. The maximum atomic E-state index is 10.5. The lowest BCUT2D eigenvalue weighted by Gasteiger charge is -2.01. The summed E-state index contributed by atoms with van der Waals surface area (Å²) in [7, 11) is 0. The molecule has 0 saturated carbocycles. The van der Waals surface area contributed by atoms with Crippen LogP contribution < -0.4 is 9.47 Å². The molecule has 4 rings (SSSR count). The number of benzene rings is 2. The molecule has 0 N–H and O–H groups in total. The molecule has 118 valence electrons. The fourth-order valence-electron chi connectivity index (χ4n) is 2.63. The van der Waals surface area contributed by atoms with Gasteiger partial charge in [0.25, 0.3) is 0 Å². The van der Waals surface area contributed by atoms with Crippen LogP contribution in [0.15, 0.2) is 34.8 Å². The van der Waals surface area contributed by atoms with Crippen molar-refractivity contribution in [2.45, 2.75) is 12.8 Å². The predicted molar refractivity (Wildman–Crippen MR) is 89.8 cm³/mol. The minimum absolute atomic E-state index is 0.700. The molecule has 0 aliphatic carbocycles. The summed E-state index contributed by atoms with van der Waals surface area (Å²) in [5.74, 6) is 1.82. The molecule has 4 nitrogen and oxygen atoms in total. The molecule has 0 unspecified atom stereocenters. The van der Waals surface area contributed by atoms with Crippen molar-refractivity contribution in [3.8, 4) is 11.5 Å². The molecule has 23 heavy (non-hydrogen) atoms. The predicted octanol–water partition coefficient (Wildman–Crippen LogP) is 3.63. The van der Waals surface area contributed by atoms with Crippen molar-refractivity contribution in [1.82, 2.24) is 0 Å². The lowest BCUT2D eigenvalue weighted by atomic mass is 10.1. The second-order valence-corrected chi connectivity index (χ2v) is 6.15. The molecule has 2 aliphatic rings. The van der Waals surface area contributed by atoms with Crippen molar-refractivity contribution in [3.63, 3.8) is 0 Å². The van der Waals surface area contributed by atoms with Crippen molar-refractivity contribution < 1.29 is 19.1 Å². The molecular weight excluding hydrogens is 360 g/mol. The highest BCUT2D eigenvalue weighted by Crippen LogP contribution is 2.34. The van der Waals surface area contributed by atoms with E-state index in [4.69, 9.17) is 9.47 Å². The molecule has 0 atom stereocenters. The van der Waals surface area contributed by atoms with Gasteiger partial charge < -0.3 is 9.47 Å². The van der Waals surface area contributed by atoms with E-state index in [1.54, 1.807) is 12.1 Å². The van der Waals surface area contributed by atoms with E-state index < -0.39 is 0 Å². The monoisotopic (exact) mass is 374 g/mol. The van der Waals surface area contributed by atoms with Crippen molar-refractivity contribution in [3.05, 3.63) is 57.1 Å². The van der Waals surface area contributed by atoms with Crippen molar-refractivity contribution >= 4 is 28.5 Å². The Bertz CT molecular complexity index is 755. The third kappa shape index (κ3) is 3.45. The van der Waals surface area contributed by atoms with Gasteiger partial charge in [0.2, 0.25) is 0 Å². The maximum absolute atomic E-state index is 10.5. The number of hydrogen-bond donors (Lipinski definition) is 0. The summed E-state index contributed by atoms with van der Waals surface area (Å²) in [4.78, 5) is 20.9. The van der Waals surface area contributed by atoms with Gasteiger partial charge in [0.05, 0.1) is 17.7 Å². The van der Waals surface area contributed by atoms with E-state index in [1.807, 2.05) is 18.2 Å². The van der Waals surface area contributed by atoms with Gasteiger partial charge in [0.1, 0.15) is 24.1 Å². The average molecular weight is 375 g/mol. The van der Waals surface area contributed by atoms with Crippen LogP contribution >= 0.6 is 15.9 Å². The first kappa shape index (κ1) is 15.7. The van der Waals surface area contributed by atoms with Gasteiger partial charge in [-0.1, -0.05) is 0 Å². The molecule has 0 bridgehead atoms. The van der Waals surface area contributed by atoms with Crippen molar-refractivity contribution in [2.75, 3.05) is 13.2 Å². The second-order valence-electron chi connectivity index (χ2n) is 5.29. The van der Waals surface area contributed by atoms with E-state index in [2.05, 4.69) is 15.9 Å². The summed E-state index contributed by atoms with van der Waals surface area (Å²) in [6, 6.07) is 9.16. The van der Waals surface area contributed by atoms with E-state index in [0.717, 1.165) is 71.3 Å². The summed E-state index contributed by atoms with van der Waals surface area (Å²) in [6.07, 6.45) is 3.54. The number of fused-ring (bicyclic) bond motifs is 2. The molecule has 0 spiro atoms. The van der Waals surface area contributed by atoms with E-state index >= 15 is 0 Å². The molecule has 2 heterocycles. The minimum Gasteiger partial charge on any atom is -0.493 e. The molecule has 0 saturated heterocycles. The fraction of sp³-hybridized carbons (Fsp3) is 0.222. The quantitative estimate of drug-likeness (QED) is 0.753. The van der Waals surface area contributed by atoms with Gasteiger partial charge in [0, 0.05) is 24.0 Å². The van der Waals surface area contributed by atoms with Crippen molar-refractivity contribution in [2.24, 2.45) is 0 Å². The summed E-state index contributed by atoms with van der Waals surface area (Å²) < 4.78 is 11.5. The number of ether oxygens (including phenoxy) is 2. The van der Waals surface area contributed by atoms with Crippen LogP contribution in [0.2, 0.25) is 0 Å². The second kappa shape index (κ2) is 6.96. The van der Waals surface area contributed by atoms with E-state index in [0.29, 0.717) is 5.56 Å². The number of carbonyl (C=O) groups is 2. The Balaban J connectivity index is 0.000000136. The van der Waals surface area contributed by atoms with Crippen molar-refractivity contribution in [1.29, 1.82) is 0 Å². The van der Waals surface area contributed by atoms with Crippen LogP contribution in [0.3, 0.4) is 0 Å². The Morgan fingerprint density at radius 3 is 2.35 bits per heavy atom. The van der Waals surface area contributed by atoms with Crippen LogP contribution in [0.4, 0.5) is 0 Å². The average Bonchev–Trinajstić information content (AvgIpc) is 3.23. The molecular formula is C18H15BrO4. The van der Waals surface area contributed by atoms with Gasteiger partial charge in [-0.2, -0.15) is 0 Å². The minimum atomic E-state index is 0.700. The first-order valence-corrected chi connectivity index (χ1v) is 8.12. The highest BCUT2D eigenvalue weighted by atomic mass is 79.9. The van der Waals surface area contributed by atoms with Gasteiger partial charge in [-0.05, 0) is 57.4 Å². The van der Waals surface area contributed by atoms with Crippen LogP contribution in [0.25, 0.3) is 0 Å². The van der Waals surface area contributed by atoms with Crippen LogP contribution in [-0.4, -0.2) is 25.8 Å². The van der Waals surface area contributed by atoms with E-state index in [1.165, 1.54) is 0 Å². The lowest BCUT2D eigenvalue weighted by molar-refractivity contribution is 0.111. The Labute approximate surface area is 142 Å². The van der Waals surface area contributed by atoms with Gasteiger partial charge in [0.15, 0.2) is 0 Å². The normalized spacial score (nSPS) is 13.8. The number of carbonyl (C=O) groups excluding carboxylic acids is 2. The summed E-state index contributed by atoms with van der Waals surface area (Å²) in [6.45, 7) is 1.47. The van der Waals surface area contributed by atoms with Gasteiger partial charge in [-0.3, -0.25) is 9.59 Å². The maximum Gasteiger partial charge on any atom is 0.150 e. The Morgan fingerprint density at radius 1 is 0.870 bits per heavy atom. The molecule has 5 heteroatoms. The van der Waals surface area contributed by atoms with E-state index in [-0.39, 0.29) is 0 Å². The molecule has 0 amide bonds. The first-order chi connectivity index (χ1) is 11.2.